The van der Waals surface area contributed by atoms with E-state index in [1.165, 1.54) is 0 Å². The molecule has 30 heavy (non-hydrogen) atoms. The first-order chi connectivity index (χ1) is 14.6. The summed E-state index contributed by atoms with van der Waals surface area (Å²) in [6, 6.07) is 18.8. The Bertz CT molecular complexity index is 863. The highest BCUT2D eigenvalue weighted by atomic mass is 16.6. The van der Waals surface area contributed by atoms with Crippen LogP contribution in [0, 0.1) is 5.92 Å². The number of amides is 1. The van der Waals surface area contributed by atoms with E-state index in [-0.39, 0.29) is 17.9 Å². The normalized spacial score (nSPS) is 21.4. The first kappa shape index (κ1) is 20.6. The second-order valence-electron chi connectivity index (χ2n) is 8.43. The fourth-order valence-corrected chi connectivity index (χ4v) is 4.73. The molecule has 1 aliphatic heterocycles. The Hall–Kier alpha value is -2.66. The summed E-state index contributed by atoms with van der Waals surface area (Å²) in [6.45, 7) is 0.948. The predicted octanol–water partition coefficient (Wildman–Crippen LogP) is 3.45. The molecule has 2 fully saturated rings. The van der Waals surface area contributed by atoms with E-state index in [1.54, 1.807) is 17.0 Å². The number of hydrogen-bond donors (Lipinski definition) is 1. The van der Waals surface area contributed by atoms with Crippen LogP contribution in [0.1, 0.15) is 43.2 Å². The molecule has 0 radical (unpaired) electrons. The van der Waals surface area contributed by atoms with E-state index >= 15 is 0 Å². The van der Waals surface area contributed by atoms with Crippen LogP contribution in [-0.2, 0) is 26.3 Å². The largest absolute Gasteiger partial charge is 0.458 e. The number of hydrogen-bond acceptors (Lipinski definition) is 4. The van der Waals surface area contributed by atoms with Gasteiger partial charge in [-0.15, -0.1) is 0 Å². The summed E-state index contributed by atoms with van der Waals surface area (Å²) < 4.78 is 5.79. The number of aliphatic hydroxyl groups is 1. The van der Waals surface area contributed by atoms with Crippen LogP contribution in [0.15, 0.2) is 60.7 Å². The Balaban J connectivity index is 1.41. The third kappa shape index (κ3) is 4.26. The second kappa shape index (κ2) is 9.00. The van der Waals surface area contributed by atoms with Gasteiger partial charge >= 0.3 is 5.97 Å². The fourth-order valence-electron chi connectivity index (χ4n) is 4.73. The molecule has 5 nitrogen and oxygen atoms in total. The molecule has 0 bridgehead atoms. The molecule has 1 saturated heterocycles. The lowest BCUT2D eigenvalue weighted by Crippen LogP contribution is -2.45. The number of carbonyl (C=O) groups is 2. The maximum Gasteiger partial charge on any atom is 0.343 e. The highest BCUT2D eigenvalue weighted by molar-refractivity contribution is 5.82. The minimum Gasteiger partial charge on any atom is -0.458 e. The molecule has 1 N–H and O–H groups in total. The van der Waals surface area contributed by atoms with Crippen molar-refractivity contribution >= 4 is 11.9 Å². The van der Waals surface area contributed by atoms with Crippen molar-refractivity contribution in [3.8, 4) is 0 Å². The van der Waals surface area contributed by atoms with E-state index in [0.29, 0.717) is 31.5 Å². The summed E-state index contributed by atoms with van der Waals surface area (Å²) in [6.07, 6.45) is 4.21. The Kier molecular flexibility index (Phi) is 6.18. The average molecular weight is 408 g/mol. The van der Waals surface area contributed by atoms with E-state index in [9.17, 15) is 14.7 Å². The van der Waals surface area contributed by atoms with Crippen LogP contribution >= 0.6 is 0 Å². The molecule has 0 spiro atoms. The van der Waals surface area contributed by atoms with Gasteiger partial charge in [0.2, 0.25) is 5.91 Å². The van der Waals surface area contributed by atoms with Gasteiger partial charge in [-0.3, -0.25) is 4.79 Å². The van der Waals surface area contributed by atoms with Gasteiger partial charge in [0.05, 0.1) is 13.0 Å². The van der Waals surface area contributed by atoms with Crippen LogP contribution in [0.4, 0.5) is 0 Å². The first-order valence-corrected chi connectivity index (χ1v) is 10.9. The quantitative estimate of drug-likeness (QED) is 0.745. The number of carbonyl (C=O) groups excluding carboxylic acids is 2. The number of likely N-dealkylation sites (tertiary alicyclic amines) is 1. The maximum atomic E-state index is 13.2. The highest BCUT2D eigenvalue weighted by Crippen LogP contribution is 2.41. The molecule has 1 amide bonds. The standard InChI is InChI=1S/C25H29NO4/c27-23(17-19-9-3-1-4-10-19)26-16-15-22(18-26)30-24(28)25(29,21-13-7-8-14-21)20-11-5-2-6-12-20/h1-6,9-12,21-22,29H,7-8,13-18H2/t22-,25?/m0/s1. The van der Waals surface area contributed by atoms with Crippen LogP contribution in [-0.4, -0.2) is 41.1 Å². The van der Waals surface area contributed by atoms with Crippen molar-refractivity contribution in [1.29, 1.82) is 0 Å². The molecule has 2 aromatic carbocycles. The summed E-state index contributed by atoms with van der Waals surface area (Å²) in [4.78, 5) is 27.6. The minimum absolute atomic E-state index is 0.0360. The van der Waals surface area contributed by atoms with Crippen LogP contribution in [0.5, 0.6) is 0 Å². The molecule has 2 aliphatic rings. The van der Waals surface area contributed by atoms with E-state index in [1.807, 2.05) is 48.5 Å². The van der Waals surface area contributed by atoms with E-state index < -0.39 is 11.6 Å². The monoisotopic (exact) mass is 407 g/mol. The maximum absolute atomic E-state index is 13.2. The van der Waals surface area contributed by atoms with Crippen molar-refractivity contribution in [3.63, 3.8) is 0 Å². The Morgan fingerprint density at radius 3 is 2.27 bits per heavy atom. The summed E-state index contributed by atoms with van der Waals surface area (Å²) in [5.41, 5.74) is -0.0567. The zero-order valence-electron chi connectivity index (χ0n) is 17.2. The van der Waals surface area contributed by atoms with E-state index in [2.05, 4.69) is 0 Å². The molecule has 5 heteroatoms. The smallest absolute Gasteiger partial charge is 0.343 e. The summed E-state index contributed by atoms with van der Waals surface area (Å²) in [5.74, 6) is -0.679. The van der Waals surface area contributed by atoms with Crippen molar-refractivity contribution in [2.24, 2.45) is 5.92 Å². The predicted molar refractivity (Wildman–Crippen MR) is 114 cm³/mol. The van der Waals surface area contributed by atoms with Gasteiger partial charge < -0.3 is 14.7 Å². The lowest BCUT2D eigenvalue weighted by atomic mass is 9.80. The summed E-state index contributed by atoms with van der Waals surface area (Å²) >= 11 is 0. The van der Waals surface area contributed by atoms with Crippen LogP contribution in [0.25, 0.3) is 0 Å². The minimum atomic E-state index is -1.63. The lowest BCUT2D eigenvalue weighted by molar-refractivity contribution is -0.179. The van der Waals surface area contributed by atoms with Gasteiger partial charge in [-0.25, -0.2) is 4.79 Å². The average Bonchev–Trinajstić information content (AvgIpc) is 3.47. The van der Waals surface area contributed by atoms with Crippen molar-refractivity contribution in [1.82, 2.24) is 4.90 Å². The summed E-state index contributed by atoms with van der Waals surface area (Å²) in [5, 5.41) is 11.5. The number of ether oxygens (including phenoxy) is 1. The third-order valence-corrected chi connectivity index (χ3v) is 6.44. The molecule has 1 unspecified atom stereocenters. The van der Waals surface area contributed by atoms with Crippen molar-refractivity contribution in [2.75, 3.05) is 13.1 Å². The second-order valence-corrected chi connectivity index (χ2v) is 8.43. The van der Waals surface area contributed by atoms with Crippen molar-refractivity contribution in [2.45, 2.75) is 50.2 Å². The van der Waals surface area contributed by atoms with Gasteiger partial charge in [0.25, 0.3) is 0 Å². The molecule has 0 aromatic heterocycles. The molecule has 2 atom stereocenters. The van der Waals surface area contributed by atoms with Crippen LogP contribution < -0.4 is 0 Å². The Morgan fingerprint density at radius 2 is 1.60 bits per heavy atom. The molecule has 4 rings (SSSR count). The topological polar surface area (TPSA) is 66.8 Å². The van der Waals surface area contributed by atoms with Gasteiger partial charge in [-0.2, -0.15) is 0 Å². The number of benzene rings is 2. The van der Waals surface area contributed by atoms with Gasteiger partial charge in [0.1, 0.15) is 6.10 Å². The zero-order valence-corrected chi connectivity index (χ0v) is 17.2. The number of esters is 1. The third-order valence-electron chi connectivity index (χ3n) is 6.44. The number of nitrogens with zero attached hydrogens (tertiary/aromatic N) is 1. The van der Waals surface area contributed by atoms with E-state index in [0.717, 1.165) is 31.2 Å². The SMILES string of the molecule is O=C(Cc1ccccc1)N1CC[C@H](OC(=O)C(O)(c2ccccc2)C2CCCC2)C1. The molecule has 1 aliphatic carbocycles. The van der Waals surface area contributed by atoms with Crippen molar-refractivity contribution in [3.05, 3.63) is 71.8 Å². The van der Waals surface area contributed by atoms with Gasteiger partial charge in [-0.1, -0.05) is 73.5 Å². The molecular weight excluding hydrogens is 378 g/mol. The first-order valence-electron chi connectivity index (χ1n) is 10.9. The summed E-state index contributed by atoms with van der Waals surface area (Å²) in [7, 11) is 0. The Labute approximate surface area is 177 Å². The molecule has 2 aromatic rings. The van der Waals surface area contributed by atoms with Gasteiger partial charge in [0.15, 0.2) is 5.60 Å². The van der Waals surface area contributed by atoms with Gasteiger partial charge in [0, 0.05) is 18.9 Å². The lowest BCUT2D eigenvalue weighted by Gasteiger charge is -2.33. The molecular formula is C25H29NO4. The van der Waals surface area contributed by atoms with Crippen LogP contribution in [0.2, 0.25) is 0 Å². The molecule has 1 saturated carbocycles. The Morgan fingerprint density at radius 1 is 0.967 bits per heavy atom. The number of rotatable bonds is 6. The van der Waals surface area contributed by atoms with E-state index in [4.69, 9.17) is 4.74 Å². The zero-order chi connectivity index (χ0) is 21.0. The highest BCUT2D eigenvalue weighted by Gasteiger charge is 2.48. The molecule has 1 heterocycles. The van der Waals surface area contributed by atoms with Crippen molar-refractivity contribution < 1.29 is 19.4 Å². The van der Waals surface area contributed by atoms with Crippen LogP contribution in [0.3, 0.4) is 0 Å². The van der Waals surface area contributed by atoms with Gasteiger partial charge in [-0.05, 0) is 24.0 Å². The fraction of sp³-hybridized carbons (Fsp3) is 0.440. The molecule has 158 valence electrons.